The first-order chi connectivity index (χ1) is 38.2. The standard InChI is InChI=1S/C73H56N4/c1-2-9-21-66(20-8-1)76(70-48-36-58(37-49-70)56-32-44-68(45-33-56)74(62-22-10-3-11-23-62)63-24-12-4-13-25-63)71-50-38-60(39-51-71)61-42-54-73(55-43-61)77(67-30-18-7-19-31-67)72-52-40-59(41-53-72)57-34-46-69(47-35-57)75(64-26-14-5-15-27-64)65-28-16-6-17-29-65/h1-8,10-55H,9H2. The van der Waals surface area contributed by atoms with Gasteiger partial charge in [0.25, 0.3) is 0 Å². The molecule has 0 saturated carbocycles. The Hall–Kier alpha value is -10.2. The zero-order valence-electron chi connectivity index (χ0n) is 42.7. The van der Waals surface area contributed by atoms with Crippen molar-refractivity contribution in [2.24, 2.45) is 0 Å². The molecule has 0 saturated heterocycles. The Bertz CT molecular complexity index is 3670. The first-order valence-electron chi connectivity index (χ1n) is 26.3. The Labute approximate surface area is 453 Å². The van der Waals surface area contributed by atoms with Gasteiger partial charge in [-0.15, -0.1) is 0 Å². The molecule has 0 N–H and O–H groups in total. The van der Waals surface area contributed by atoms with Gasteiger partial charge in [0.15, 0.2) is 0 Å². The lowest BCUT2D eigenvalue weighted by Gasteiger charge is -2.27. The molecular formula is C73H56N4. The minimum atomic E-state index is 0.860. The van der Waals surface area contributed by atoms with Crippen molar-refractivity contribution in [2.45, 2.75) is 6.42 Å². The molecule has 12 rings (SSSR count). The summed E-state index contributed by atoms with van der Waals surface area (Å²) in [5.41, 5.74) is 20.3. The number of benzene rings is 11. The summed E-state index contributed by atoms with van der Waals surface area (Å²) in [6, 6.07) is 106. The summed E-state index contributed by atoms with van der Waals surface area (Å²) in [4.78, 5) is 9.26. The van der Waals surface area contributed by atoms with E-state index in [0.29, 0.717) is 0 Å². The molecule has 0 radical (unpaired) electrons. The van der Waals surface area contributed by atoms with E-state index in [1.54, 1.807) is 0 Å². The Morgan fingerprint density at radius 3 is 0.636 bits per heavy atom. The minimum Gasteiger partial charge on any atom is -0.311 e. The quantitative estimate of drug-likeness (QED) is 0.101. The third-order valence-corrected chi connectivity index (χ3v) is 14.1. The van der Waals surface area contributed by atoms with E-state index in [-0.39, 0.29) is 0 Å². The number of allylic oxidation sites excluding steroid dienone is 5. The lowest BCUT2D eigenvalue weighted by atomic mass is 10.0. The summed E-state index contributed by atoms with van der Waals surface area (Å²) >= 11 is 0. The zero-order chi connectivity index (χ0) is 51.6. The second kappa shape index (κ2) is 22.5. The van der Waals surface area contributed by atoms with Gasteiger partial charge in [-0.25, -0.2) is 0 Å². The molecule has 0 spiro atoms. The van der Waals surface area contributed by atoms with Gasteiger partial charge >= 0.3 is 0 Å². The van der Waals surface area contributed by atoms with Gasteiger partial charge in [0.05, 0.1) is 0 Å². The Kier molecular flexibility index (Phi) is 14.0. The molecule has 77 heavy (non-hydrogen) atoms. The van der Waals surface area contributed by atoms with E-state index in [1.807, 2.05) is 0 Å². The lowest BCUT2D eigenvalue weighted by Crippen LogP contribution is -2.15. The largest absolute Gasteiger partial charge is 0.311 e. The molecule has 0 bridgehead atoms. The van der Waals surface area contributed by atoms with E-state index in [0.717, 1.165) is 102 Å². The Balaban J connectivity index is 0.777. The summed E-state index contributed by atoms with van der Waals surface area (Å²) < 4.78 is 0. The van der Waals surface area contributed by atoms with Crippen molar-refractivity contribution in [3.63, 3.8) is 0 Å². The normalized spacial score (nSPS) is 11.8. The number of para-hydroxylation sites is 5. The highest BCUT2D eigenvalue weighted by atomic mass is 15.2. The van der Waals surface area contributed by atoms with Gasteiger partial charge in [-0.3, -0.25) is 0 Å². The average molecular weight is 989 g/mol. The number of hydrogen-bond donors (Lipinski definition) is 0. The molecule has 4 heteroatoms. The highest BCUT2D eigenvalue weighted by Crippen LogP contribution is 2.41. The van der Waals surface area contributed by atoms with Crippen LogP contribution in [0.25, 0.3) is 33.4 Å². The van der Waals surface area contributed by atoms with Gasteiger partial charge in [-0.1, -0.05) is 188 Å². The molecule has 0 fully saturated rings. The van der Waals surface area contributed by atoms with Gasteiger partial charge in [0, 0.05) is 68.3 Å². The smallest absolute Gasteiger partial charge is 0.0462 e. The van der Waals surface area contributed by atoms with Gasteiger partial charge < -0.3 is 19.6 Å². The second-order valence-electron chi connectivity index (χ2n) is 19.0. The van der Waals surface area contributed by atoms with Crippen LogP contribution in [0, 0.1) is 0 Å². The summed E-state index contributed by atoms with van der Waals surface area (Å²) in [7, 11) is 0. The molecule has 4 nitrogen and oxygen atoms in total. The van der Waals surface area contributed by atoms with Gasteiger partial charge in [0.1, 0.15) is 0 Å². The van der Waals surface area contributed by atoms with Crippen LogP contribution in [0.2, 0.25) is 0 Å². The molecule has 0 atom stereocenters. The summed E-state index contributed by atoms with van der Waals surface area (Å²) in [5, 5.41) is 0. The topological polar surface area (TPSA) is 13.0 Å². The van der Waals surface area contributed by atoms with Crippen molar-refractivity contribution in [1.29, 1.82) is 0 Å². The number of nitrogens with zero attached hydrogens (tertiary/aromatic N) is 4. The van der Waals surface area contributed by atoms with Crippen LogP contribution in [-0.4, -0.2) is 0 Å². The third kappa shape index (κ3) is 10.6. The zero-order valence-corrected chi connectivity index (χ0v) is 42.7. The predicted molar refractivity (Wildman–Crippen MR) is 326 cm³/mol. The van der Waals surface area contributed by atoms with Crippen molar-refractivity contribution in [2.75, 3.05) is 19.6 Å². The molecule has 11 aromatic rings. The van der Waals surface area contributed by atoms with E-state index >= 15 is 0 Å². The highest BCUT2D eigenvalue weighted by molar-refractivity contribution is 5.83. The molecular weight excluding hydrogens is 933 g/mol. The third-order valence-electron chi connectivity index (χ3n) is 14.1. The first-order valence-corrected chi connectivity index (χ1v) is 26.3. The lowest BCUT2D eigenvalue weighted by molar-refractivity contribution is 1.18. The van der Waals surface area contributed by atoms with E-state index in [1.165, 1.54) is 5.56 Å². The second-order valence-corrected chi connectivity index (χ2v) is 19.0. The fourth-order valence-corrected chi connectivity index (χ4v) is 10.2. The number of rotatable bonds is 15. The molecule has 11 aromatic carbocycles. The van der Waals surface area contributed by atoms with Crippen LogP contribution < -0.4 is 19.6 Å². The highest BCUT2D eigenvalue weighted by Gasteiger charge is 2.18. The van der Waals surface area contributed by atoms with E-state index in [4.69, 9.17) is 0 Å². The van der Waals surface area contributed by atoms with Crippen molar-refractivity contribution >= 4 is 62.6 Å². The summed E-state index contributed by atoms with van der Waals surface area (Å²) in [6.07, 6.45) is 11.8. The van der Waals surface area contributed by atoms with Gasteiger partial charge in [-0.05, 0) is 179 Å². The summed E-state index contributed by atoms with van der Waals surface area (Å²) in [5.74, 6) is 0. The van der Waals surface area contributed by atoms with Gasteiger partial charge in [-0.2, -0.15) is 0 Å². The van der Waals surface area contributed by atoms with Gasteiger partial charge in [0.2, 0.25) is 0 Å². The Morgan fingerprint density at radius 1 is 0.195 bits per heavy atom. The maximum absolute atomic E-state index is 2.35. The van der Waals surface area contributed by atoms with E-state index in [2.05, 4.69) is 347 Å². The maximum Gasteiger partial charge on any atom is 0.0462 e. The molecule has 1 aliphatic carbocycles. The maximum atomic E-state index is 2.35. The van der Waals surface area contributed by atoms with Crippen molar-refractivity contribution in [3.8, 4) is 33.4 Å². The number of hydrogen-bond acceptors (Lipinski definition) is 4. The SMILES string of the molecule is C1=CCC=C(N(c2ccc(-c3ccc(N(c4ccccc4)c4ccccc4)cc3)cc2)c2ccc(-c3ccc(N(c4ccccc4)c4ccc(-c5ccc(N(c6ccccc6)c6ccccc6)cc5)cc4)cc3)cc2)C=C1. The molecule has 0 unspecified atom stereocenters. The predicted octanol–water partition coefficient (Wildman–Crippen LogP) is 20.6. The van der Waals surface area contributed by atoms with Crippen LogP contribution in [0.5, 0.6) is 0 Å². The summed E-state index contributed by atoms with van der Waals surface area (Å²) in [6.45, 7) is 0. The van der Waals surface area contributed by atoms with Crippen LogP contribution in [0.1, 0.15) is 6.42 Å². The molecule has 1 aliphatic rings. The van der Waals surface area contributed by atoms with Crippen LogP contribution in [-0.2, 0) is 0 Å². The van der Waals surface area contributed by atoms with Crippen molar-refractivity contribution in [3.05, 3.63) is 333 Å². The molecule has 0 aliphatic heterocycles. The van der Waals surface area contributed by atoms with Crippen molar-refractivity contribution in [1.82, 2.24) is 0 Å². The van der Waals surface area contributed by atoms with Crippen LogP contribution >= 0.6 is 0 Å². The molecule has 0 aromatic heterocycles. The monoisotopic (exact) mass is 988 g/mol. The van der Waals surface area contributed by atoms with Crippen LogP contribution in [0.3, 0.4) is 0 Å². The van der Waals surface area contributed by atoms with E-state index < -0.39 is 0 Å². The molecule has 368 valence electrons. The van der Waals surface area contributed by atoms with Crippen LogP contribution in [0.15, 0.2) is 333 Å². The Morgan fingerprint density at radius 2 is 0.403 bits per heavy atom. The fourth-order valence-electron chi connectivity index (χ4n) is 10.2. The van der Waals surface area contributed by atoms with Crippen molar-refractivity contribution < 1.29 is 0 Å². The van der Waals surface area contributed by atoms with E-state index in [9.17, 15) is 0 Å². The first kappa shape index (κ1) is 47.8. The number of anilines is 11. The fraction of sp³-hybridized carbons (Fsp3) is 0.0137. The average Bonchev–Trinajstić information content (AvgIpc) is 3.80. The molecule has 0 heterocycles. The minimum absolute atomic E-state index is 0.860. The van der Waals surface area contributed by atoms with Crippen LogP contribution in [0.4, 0.5) is 62.6 Å². The molecule has 0 amide bonds.